The van der Waals surface area contributed by atoms with Gasteiger partial charge in [-0.15, -0.1) is 5.10 Å². The second-order valence-electron chi connectivity index (χ2n) is 5.40. The van der Waals surface area contributed by atoms with Gasteiger partial charge in [0.15, 0.2) is 5.82 Å². The number of aryl methyl sites for hydroxylation is 1. The molecule has 0 amide bonds. The van der Waals surface area contributed by atoms with Crippen LogP contribution in [0.25, 0.3) is 0 Å². The van der Waals surface area contributed by atoms with E-state index < -0.39 is 0 Å². The Bertz CT molecular complexity index is 449. The van der Waals surface area contributed by atoms with E-state index in [-0.39, 0.29) is 6.10 Å². The monoisotopic (exact) mass is 264 g/mol. The summed E-state index contributed by atoms with van der Waals surface area (Å²) in [6.45, 7) is 8.63. The van der Waals surface area contributed by atoms with Crippen LogP contribution in [0.4, 0.5) is 5.82 Å². The third kappa shape index (κ3) is 2.72. The van der Waals surface area contributed by atoms with Gasteiger partial charge in [-0.2, -0.15) is 5.10 Å². The molecular weight excluding hydrogens is 240 g/mol. The number of methoxy groups -OCH3 is 1. The first-order valence-corrected chi connectivity index (χ1v) is 6.89. The van der Waals surface area contributed by atoms with Crippen molar-refractivity contribution < 1.29 is 4.74 Å². The maximum atomic E-state index is 5.90. The minimum atomic E-state index is 0.253. The normalized spacial score (nSPS) is 23.7. The molecule has 19 heavy (non-hydrogen) atoms. The van der Waals surface area contributed by atoms with Crippen molar-refractivity contribution in [3.63, 3.8) is 0 Å². The minimum Gasteiger partial charge on any atom is -0.379 e. The van der Waals surface area contributed by atoms with Gasteiger partial charge in [-0.25, -0.2) is 0 Å². The minimum absolute atomic E-state index is 0.253. The molecule has 1 fully saturated rings. The fraction of sp³-hybridized carbons (Fsp3) is 0.714. The van der Waals surface area contributed by atoms with Crippen molar-refractivity contribution in [2.24, 2.45) is 11.7 Å². The van der Waals surface area contributed by atoms with Gasteiger partial charge in [0, 0.05) is 32.3 Å². The van der Waals surface area contributed by atoms with Crippen molar-refractivity contribution in [2.45, 2.75) is 39.8 Å². The molecule has 1 aromatic heterocycles. The van der Waals surface area contributed by atoms with Crippen LogP contribution >= 0.6 is 0 Å². The highest BCUT2D eigenvalue weighted by Gasteiger charge is 2.28. The van der Waals surface area contributed by atoms with E-state index in [2.05, 4.69) is 28.9 Å². The van der Waals surface area contributed by atoms with Gasteiger partial charge in [-0.1, -0.05) is 6.92 Å². The van der Waals surface area contributed by atoms with Crippen LogP contribution < -0.4 is 10.6 Å². The zero-order chi connectivity index (χ0) is 14.0. The number of ether oxygens (including phenoxy) is 1. The first-order chi connectivity index (χ1) is 9.08. The Morgan fingerprint density at radius 2 is 2.11 bits per heavy atom. The molecule has 5 heteroatoms. The van der Waals surface area contributed by atoms with E-state index in [0.717, 1.165) is 42.1 Å². The van der Waals surface area contributed by atoms with Crippen LogP contribution in [-0.2, 0) is 11.3 Å². The highest BCUT2D eigenvalue weighted by atomic mass is 16.5. The van der Waals surface area contributed by atoms with Crippen LogP contribution in [0.5, 0.6) is 0 Å². The lowest BCUT2D eigenvalue weighted by molar-refractivity contribution is 0.0495. The highest BCUT2D eigenvalue weighted by molar-refractivity contribution is 5.51. The quantitative estimate of drug-likeness (QED) is 0.894. The first-order valence-electron chi connectivity index (χ1n) is 6.89. The summed E-state index contributed by atoms with van der Waals surface area (Å²) in [5.74, 6) is 1.52. The molecule has 2 rings (SSSR count). The van der Waals surface area contributed by atoms with E-state index in [1.54, 1.807) is 7.11 Å². The molecule has 0 spiro atoms. The van der Waals surface area contributed by atoms with Crippen molar-refractivity contribution in [3.05, 3.63) is 16.8 Å². The molecule has 2 N–H and O–H groups in total. The number of hydrogen-bond acceptors (Lipinski definition) is 5. The third-order valence-electron chi connectivity index (χ3n) is 4.26. The lowest BCUT2D eigenvalue weighted by atomic mass is 9.95. The van der Waals surface area contributed by atoms with Gasteiger partial charge in [0.25, 0.3) is 0 Å². The number of hydrogen-bond donors (Lipinski definition) is 1. The molecule has 5 nitrogen and oxygen atoms in total. The van der Waals surface area contributed by atoms with Gasteiger partial charge in [0.2, 0.25) is 0 Å². The summed E-state index contributed by atoms with van der Waals surface area (Å²) in [4.78, 5) is 2.26. The molecule has 1 saturated heterocycles. The van der Waals surface area contributed by atoms with Crippen LogP contribution in [0.2, 0.25) is 0 Å². The molecule has 2 atom stereocenters. The number of rotatable bonds is 3. The fourth-order valence-corrected chi connectivity index (χ4v) is 2.68. The van der Waals surface area contributed by atoms with Crippen molar-refractivity contribution in [2.75, 3.05) is 25.1 Å². The number of piperidine rings is 1. The topological polar surface area (TPSA) is 64.3 Å². The van der Waals surface area contributed by atoms with Crippen LogP contribution in [-0.4, -0.2) is 36.5 Å². The first kappa shape index (κ1) is 14.2. The Labute approximate surface area is 115 Å². The molecule has 1 aliphatic heterocycles. The van der Waals surface area contributed by atoms with Crippen molar-refractivity contribution >= 4 is 5.82 Å². The molecule has 1 aromatic rings. The smallest absolute Gasteiger partial charge is 0.156 e. The molecule has 2 unspecified atom stereocenters. The van der Waals surface area contributed by atoms with Crippen molar-refractivity contribution in [1.82, 2.24) is 10.2 Å². The molecule has 0 radical (unpaired) electrons. The summed E-state index contributed by atoms with van der Waals surface area (Å²) in [7, 11) is 1.78. The van der Waals surface area contributed by atoms with Gasteiger partial charge in [-0.05, 0) is 31.7 Å². The number of nitrogens with zero attached hydrogens (tertiary/aromatic N) is 3. The summed E-state index contributed by atoms with van der Waals surface area (Å²) in [6, 6.07) is 0. The van der Waals surface area contributed by atoms with Crippen LogP contribution in [0.15, 0.2) is 0 Å². The standard InChI is InChI=1S/C14H24N4O/c1-9-5-6-18(8-13(9)19-4)14-12(7-15)10(2)11(3)16-17-14/h9,13H,5-8,15H2,1-4H3. The van der Waals surface area contributed by atoms with Gasteiger partial charge in [0.05, 0.1) is 11.8 Å². The second kappa shape index (κ2) is 5.84. The average molecular weight is 264 g/mol. The van der Waals surface area contributed by atoms with E-state index in [1.165, 1.54) is 0 Å². The Hall–Kier alpha value is -1.20. The summed E-state index contributed by atoms with van der Waals surface area (Å²) in [5, 5.41) is 8.61. The highest BCUT2D eigenvalue weighted by Crippen LogP contribution is 2.27. The lowest BCUT2D eigenvalue weighted by Crippen LogP contribution is -2.45. The SMILES string of the molecule is COC1CN(c2nnc(C)c(C)c2CN)CCC1C. The molecule has 0 aromatic carbocycles. The Kier molecular flexibility index (Phi) is 4.37. The molecule has 2 heterocycles. The molecule has 1 aliphatic rings. The van der Waals surface area contributed by atoms with Crippen molar-refractivity contribution in [3.8, 4) is 0 Å². The summed E-state index contributed by atoms with van der Waals surface area (Å²) < 4.78 is 5.56. The second-order valence-corrected chi connectivity index (χ2v) is 5.40. The predicted octanol–water partition coefficient (Wildman–Crippen LogP) is 1.41. The maximum absolute atomic E-state index is 5.90. The molecule has 0 saturated carbocycles. The van der Waals surface area contributed by atoms with Gasteiger partial charge >= 0.3 is 0 Å². The largest absolute Gasteiger partial charge is 0.379 e. The Morgan fingerprint density at radius 1 is 1.37 bits per heavy atom. The van der Waals surface area contributed by atoms with E-state index >= 15 is 0 Å². The molecular formula is C14H24N4O. The summed E-state index contributed by atoms with van der Waals surface area (Å²) in [5.41, 5.74) is 9.11. The van der Waals surface area contributed by atoms with Gasteiger partial charge in [0.1, 0.15) is 0 Å². The lowest BCUT2D eigenvalue weighted by Gasteiger charge is -2.37. The average Bonchev–Trinajstić information content (AvgIpc) is 2.42. The zero-order valence-corrected chi connectivity index (χ0v) is 12.3. The van der Waals surface area contributed by atoms with Crippen LogP contribution in [0.3, 0.4) is 0 Å². The zero-order valence-electron chi connectivity index (χ0n) is 12.3. The van der Waals surface area contributed by atoms with Gasteiger partial charge in [-0.3, -0.25) is 0 Å². The van der Waals surface area contributed by atoms with E-state index in [0.29, 0.717) is 12.5 Å². The number of anilines is 1. The van der Waals surface area contributed by atoms with Gasteiger partial charge < -0.3 is 15.4 Å². The van der Waals surface area contributed by atoms with Crippen molar-refractivity contribution in [1.29, 1.82) is 0 Å². The van der Waals surface area contributed by atoms with Crippen LogP contribution in [0.1, 0.15) is 30.2 Å². The van der Waals surface area contributed by atoms with E-state index in [1.807, 2.05) is 6.92 Å². The van der Waals surface area contributed by atoms with Crippen LogP contribution in [0, 0.1) is 19.8 Å². The molecule has 0 aliphatic carbocycles. The summed E-state index contributed by atoms with van der Waals surface area (Å²) in [6.07, 6.45) is 1.36. The molecule has 0 bridgehead atoms. The summed E-state index contributed by atoms with van der Waals surface area (Å²) >= 11 is 0. The maximum Gasteiger partial charge on any atom is 0.156 e. The number of aromatic nitrogens is 2. The molecule has 106 valence electrons. The number of nitrogens with two attached hydrogens (primary N) is 1. The Morgan fingerprint density at radius 3 is 2.74 bits per heavy atom. The third-order valence-corrected chi connectivity index (χ3v) is 4.26. The van der Waals surface area contributed by atoms with E-state index in [4.69, 9.17) is 10.5 Å². The Balaban J connectivity index is 2.29. The van der Waals surface area contributed by atoms with E-state index in [9.17, 15) is 0 Å². The predicted molar refractivity (Wildman–Crippen MR) is 76.2 cm³/mol. The fourth-order valence-electron chi connectivity index (χ4n) is 2.68.